The summed E-state index contributed by atoms with van der Waals surface area (Å²) in [6.07, 6.45) is 4.17. The summed E-state index contributed by atoms with van der Waals surface area (Å²) >= 11 is 0. The lowest BCUT2D eigenvalue weighted by atomic mass is 10.3. The standard InChI is InChI=1S/C6H10O3S/c1-6-4-2-3-5-9-10(6,7)8/h2,4,6H,3,5H2,1H3. The van der Waals surface area contributed by atoms with Gasteiger partial charge in [0, 0.05) is 0 Å². The first-order chi connectivity index (χ1) is 4.63. The van der Waals surface area contributed by atoms with Crippen molar-refractivity contribution in [1.29, 1.82) is 0 Å². The quantitative estimate of drug-likeness (QED) is 0.388. The van der Waals surface area contributed by atoms with Crippen LogP contribution in [0.1, 0.15) is 13.3 Å². The van der Waals surface area contributed by atoms with Gasteiger partial charge in [-0.3, -0.25) is 4.18 Å². The molecule has 1 rings (SSSR count). The molecule has 4 heteroatoms. The minimum Gasteiger partial charge on any atom is -0.269 e. The number of rotatable bonds is 0. The van der Waals surface area contributed by atoms with Gasteiger partial charge in [-0.2, -0.15) is 8.42 Å². The van der Waals surface area contributed by atoms with Gasteiger partial charge in [-0.15, -0.1) is 0 Å². The van der Waals surface area contributed by atoms with Gasteiger partial charge >= 0.3 is 0 Å². The van der Waals surface area contributed by atoms with Crippen LogP contribution in [0.25, 0.3) is 0 Å². The molecule has 0 bridgehead atoms. The average Bonchev–Trinajstić information content (AvgIpc) is 1.96. The van der Waals surface area contributed by atoms with Crippen LogP contribution in [0.5, 0.6) is 0 Å². The Hall–Kier alpha value is -0.350. The molecule has 0 aromatic heterocycles. The largest absolute Gasteiger partial charge is 0.273 e. The maximum absolute atomic E-state index is 10.9. The molecule has 1 atom stereocenters. The third kappa shape index (κ3) is 1.58. The molecule has 0 amide bonds. The van der Waals surface area contributed by atoms with Gasteiger partial charge in [0.05, 0.1) is 6.61 Å². The van der Waals surface area contributed by atoms with E-state index in [4.69, 9.17) is 0 Å². The summed E-state index contributed by atoms with van der Waals surface area (Å²) in [4.78, 5) is 0. The summed E-state index contributed by atoms with van der Waals surface area (Å²) < 4.78 is 26.5. The van der Waals surface area contributed by atoms with Gasteiger partial charge < -0.3 is 0 Å². The second-order valence-electron chi connectivity index (χ2n) is 2.24. The van der Waals surface area contributed by atoms with Crippen LogP contribution < -0.4 is 0 Å². The van der Waals surface area contributed by atoms with E-state index < -0.39 is 15.4 Å². The molecule has 0 aromatic rings. The van der Waals surface area contributed by atoms with Crippen molar-refractivity contribution in [3.63, 3.8) is 0 Å². The predicted molar refractivity (Wildman–Crippen MR) is 38.1 cm³/mol. The van der Waals surface area contributed by atoms with Crippen molar-refractivity contribution in [2.75, 3.05) is 6.61 Å². The van der Waals surface area contributed by atoms with E-state index in [1.54, 1.807) is 13.0 Å². The predicted octanol–water partition coefficient (Wildman–Crippen LogP) is 0.681. The summed E-state index contributed by atoms with van der Waals surface area (Å²) in [7, 11) is -3.28. The summed E-state index contributed by atoms with van der Waals surface area (Å²) in [6, 6.07) is 0. The summed E-state index contributed by atoms with van der Waals surface area (Å²) in [5, 5.41) is -0.491. The molecule has 3 nitrogen and oxygen atoms in total. The number of hydrogen-bond donors (Lipinski definition) is 0. The molecule has 0 saturated carbocycles. The van der Waals surface area contributed by atoms with Crippen LogP contribution in [0.2, 0.25) is 0 Å². The fraction of sp³-hybridized carbons (Fsp3) is 0.667. The molecule has 1 unspecified atom stereocenters. The van der Waals surface area contributed by atoms with E-state index in [0.29, 0.717) is 6.42 Å². The van der Waals surface area contributed by atoms with Crippen LogP contribution in [0, 0.1) is 0 Å². The zero-order chi connectivity index (χ0) is 7.61. The van der Waals surface area contributed by atoms with Crippen molar-refractivity contribution >= 4 is 10.1 Å². The fourth-order valence-corrected chi connectivity index (χ4v) is 1.57. The van der Waals surface area contributed by atoms with Crippen LogP contribution in [0.15, 0.2) is 12.2 Å². The Bertz CT molecular complexity index is 227. The average molecular weight is 162 g/mol. The van der Waals surface area contributed by atoms with Gasteiger partial charge in [-0.1, -0.05) is 12.2 Å². The van der Waals surface area contributed by atoms with E-state index >= 15 is 0 Å². The minimum absolute atomic E-state index is 0.281. The lowest BCUT2D eigenvalue weighted by Gasteiger charge is -2.03. The van der Waals surface area contributed by atoms with Crippen molar-refractivity contribution in [1.82, 2.24) is 0 Å². The van der Waals surface area contributed by atoms with Crippen molar-refractivity contribution < 1.29 is 12.6 Å². The van der Waals surface area contributed by atoms with Crippen LogP contribution in [0.3, 0.4) is 0 Å². The maximum atomic E-state index is 10.9. The lowest BCUT2D eigenvalue weighted by molar-refractivity contribution is 0.325. The second-order valence-corrected chi connectivity index (χ2v) is 4.20. The van der Waals surface area contributed by atoms with E-state index in [2.05, 4.69) is 4.18 Å². The molecule has 0 aromatic carbocycles. The van der Waals surface area contributed by atoms with Crippen molar-refractivity contribution in [3.05, 3.63) is 12.2 Å². The molecule has 0 N–H and O–H groups in total. The Morgan fingerprint density at radius 3 is 3.00 bits per heavy atom. The highest BCUT2D eigenvalue weighted by molar-refractivity contribution is 7.87. The van der Waals surface area contributed by atoms with Crippen LogP contribution >= 0.6 is 0 Å². The van der Waals surface area contributed by atoms with Gasteiger partial charge in [0.2, 0.25) is 0 Å². The van der Waals surface area contributed by atoms with E-state index in [9.17, 15) is 8.42 Å². The SMILES string of the molecule is CC1C=CCCOS1(=O)=O. The summed E-state index contributed by atoms with van der Waals surface area (Å²) in [5.41, 5.74) is 0. The molecule has 1 aliphatic rings. The van der Waals surface area contributed by atoms with Crippen molar-refractivity contribution in [2.45, 2.75) is 18.6 Å². The monoisotopic (exact) mass is 162 g/mol. The highest BCUT2D eigenvalue weighted by Crippen LogP contribution is 2.09. The fourth-order valence-electron chi connectivity index (χ4n) is 0.724. The van der Waals surface area contributed by atoms with Crippen molar-refractivity contribution in [3.8, 4) is 0 Å². The van der Waals surface area contributed by atoms with Gasteiger partial charge in [-0.25, -0.2) is 0 Å². The molecule has 0 fully saturated rings. The molecule has 0 aliphatic carbocycles. The first-order valence-corrected chi connectivity index (χ1v) is 4.65. The van der Waals surface area contributed by atoms with Gasteiger partial charge in [0.1, 0.15) is 5.25 Å². The molecule has 0 spiro atoms. The number of hydrogen-bond acceptors (Lipinski definition) is 3. The zero-order valence-corrected chi connectivity index (χ0v) is 6.60. The van der Waals surface area contributed by atoms with E-state index in [1.807, 2.05) is 6.08 Å². The Morgan fingerprint density at radius 2 is 2.30 bits per heavy atom. The summed E-state index contributed by atoms with van der Waals surface area (Å²) in [5.74, 6) is 0. The van der Waals surface area contributed by atoms with E-state index in [1.165, 1.54) is 0 Å². The van der Waals surface area contributed by atoms with Gasteiger partial charge in [0.25, 0.3) is 10.1 Å². The Morgan fingerprint density at radius 1 is 1.60 bits per heavy atom. The minimum atomic E-state index is -3.28. The highest BCUT2D eigenvalue weighted by atomic mass is 32.2. The lowest BCUT2D eigenvalue weighted by Crippen LogP contribution is -2.16. The molecule has 58 valence electrons. The third-order valence-corrected chi connectivity index (χ3v) is 2.96. The zero-order valence-electron chi connectivity index (χ0n) is 5.78. The molecule has 10 heavy (non-hydrogen) atoms. The maximum Gasteiger partial charge on any atom is 0.273 e. The van der Waals surface area contributed by atoms with E-state index in [-0.39, 0.29) is 6.61 Å². The topological polar surface area (TPSA) is 43.4 Å². The summed E-state index contributed by atoms with van der Waals surface area (Å²) in [6.45, 7) is 1.89. The van der Waals surface area contributed by atoms with Crippen LogP contribution in [-0.4, -0.2) is 20.3 Å². The van der Waals surface area contributed by atoms with E-state index in [0.717, 1.165) is 0 Å². The smallest absolute Gasteiger partial charge is 0.269 e. The molecule has 0 saturated heterocycles. The molecular formula is C6H10O3S. The molecule has 1 heterocycles. The second kappa shape index (κ2) is 2.72. The first-order valence-electron chi connectivity index (χ1n) is 3.18. The van der Waals surface area contributed by atoms with Gasteiger partial charge in [0.15, 0.2) is 0 Å². The Kier molecular flexibility index (Phi) is 2.11. The van der Waals surface area contributed by atoms with Crippen LogP contribution in [-0.2, 0) is 14.3 Å². The molecular weight excluding hydrogens is 152 g/mol. The molecule has 0 radical (unpaired) electrons. The van der Waals surface area contributed by atoms with Crippen molar-refractivity contribution in [2.24, 2.45) is 0 Å². The van der Waals surface area contributed by atoms with Crippen LogP contribution in [0.4, 0.5) is 0 Å². The van der Waals surface area contributed by atoms with Gasteiger partial charge in [-0.05, 0) is 13.3 Å². The Labute approximate surface area is 60.8 Å². The highest BCUT2D eigenvalue weighted by Gasteiger charge is 2.19. The Balaban J connectivity index is 2.86. The normalized spacial score (nSPS) is 31.5. The first kappa shape index (κ1) is 7.75. The third-order valence-electron chi connectivity index (χ3n) is 1.39. The molecule has 1 aliphatic heterocycles.